The van der Waals surface area contributed by atoms with E-state index >= 15 is 0 Å². The van der Waals surface area contributed by atoms with Crippen molar-refractivity contribution in [2.24, 2.45) is 4.99 Å². The fourth-order valence-electron chi connectivity index (χ4n) is 2.07. The topological polar surface area (TPSA) is 105 Å². The van der Waals surface area contributed by atoms with Gasteiger partial charge < -0.3 is 10.4 Å². The van der Waals surface area contributed by atoms with Gasteiger partial charge in [0.2, 0.25) is 0 Å². The third-order valence-corrected chi connectivity index (χ3v) is 4.03. The minimum atomic E-state index is -0.523. The SMILES string of the molecule is O=C1NC(=Nc2ccccc2[N+](=O)[O-])S/C1=C\c1cccc(O)c1. The lowest BCUT2D eigenvalue weighted by Gasteiger charge is -1.98. The van der Waals surface area contributed by atoms with Gasteiger partial charge in [-0.3, -0.25) is 14.9 Å². The molecule has 0 aliphatic carbocycles. The predicted octanol–water partition coefficient (Wildman–Crippen LogP) is 3.19. The lowest BCUT2D eigenvalue weighted by molar-refractivity contribution is -0.384. The van der Waals surface area contributed by atoms with Gasteiger partial charge in [0.15, 0.2) is 5.17 Å². The Morgan fingerprint density at radius 2 is 2.00 bits per heavy atom. The second-order valence-electron chi connectivity index (χ2n) is 4.82. The average Bonchev–Trinajstić information content (AvgIpc) is 2.87. The molecule has 2 aromatic rings. The molecule has 0 spiro atoms. The van der Waals surface area contributed by atoms with E-state index in [1.807, 2.05) is 0 Å². The monoisotopic (exact) mass is 341 g/mol. The number of thioether (sulfide) groups is 1. The lowest BCUT2D eigenvalue weighted by atomic mass is 10.2. The molecule has 0 aromatic heterocycles. The van der Waals surface area contributed by atoms with Crippen molar-refractivity contribution in [2.45, 2.75) is 0 Å². The van der Waals surface area contributed by atoms with Crippen molar-refractivity contribution in [1.82, 2.24) is 5.32 Å². The number of carbonyl (C=O) groups excluding carboxylic acids is 1. The van der Waals surface area contributed by atoms with Gasteiger partial charge in [0.05, 0.1) is 9.83 Å². The number of aromatic hydroxyl groups is 1. The van der Waals surface area contributed by atoms with E-state index in [0.717, 1.165) is 11.8 Å². The Morgan fingerprint density at radius 3 is 2.75 bits per heavy atom. The first-order valence-electron chi connectivity index (χ1n) is 6.85. The number of nitro groups is 1. The first-order chi connectivity index (χ1) is 11.5. The number of aliphatic imine (C=N–C) groups is 1. The van der Waals surface area contributed by atoms with Crippen LogP contribution in [0.25, 0.3) is 6.08 Å². The first-order valence-corrected chi connectivity index (χ1v) is 7.66. The molecule has 0 atom stereocenters. The number of rotatable bonds is 3. The zero-order chi connectivity index (χ0) is 17.1. The number of phenols is 1. The normalized spacial score (nSPS) is 17.2. The maximum Gasteiger partial charge on any atom is 0.294 e. The van der Waals surface area contributed by atoms with Crippen LogP contribution in [0.2, 0.25) is 0 Å². The molecule has 1 aliphatic heterocycles. The number of carbonyl (C=O) groups is 1. The molecule has 2 N–H and O–H groups in total. The minimum absolute atomic E-state index is 0.0987. The van der Waals surface area contributed by atoms with Crippen molar-refractivity contribution >= 4 is 40.3 Å². The Hall–Kier alpha value is -3.13. The molecule has 0 saturated carbocycles. The highest BCUT2D eigenvalue weighted by Crippen LogP contribution is 2.32. The summed E-state index contributed by atoms with van der Waals surface area (Å²) in [5.74, 6) is -0.248. The van der Waals surface area contributed by atoms with Gasteiger partial charge in [-0.25, -0.2) is 4.99 Å². The smallest absolute Gasteiger partial charge is 0.294 e. The van der Waals surface area contributed by atoms with Crippen LogP contribution in [0.4, 0.5) is 11.4 Å². The van der Waals surface area contributed by atoms with E-state index in [2.05, 4.69) is 10.3 Å². The molecule has 2 aromatic carbocycles. The second-order valence-corrected chi connectivity index (χ2v) is 5.85. The summed E-state index contributed by atoms with van der Waals surface area (Å²) in [6.07, 6.45) is 1.61. The molecule has 1 heterocycles. The molecule has 7 nitrogen and oxygen atoms in total. The Morgan fingerprint density at radius 1 is 1.21 bits per heavy atom. The fraction of sp³-hybridized carbons (Fsp3) is 0. The number of nitrogens with one attached hydrogen (secondary N) is 1. The number of nitro benzene ring substituents is 1. The molecule has 1 aliphatic rings. The van der Waals surface area contributed by atoms with Gasteiger partial charge in [0.25, 0.3) is 11.6 Å². The first kappa shape index (κ1) is 15.8. The van der Waals surface area contributed by atoms with Crippen LogP contribution in [0, 0.1) is 10.1 Å². The molecular formula is C16H11N3O4S. The van der Waals surface area contributed by atoms with Gasteiger partial charge in [0.1, 0.15) is 11.4 Å². The number of benzene rings is 2. The molecule has 1 fully saturated rings. The number of nitrogens with zero attached hydrogens (tertiary/aromatic N) is 2. The molecule has 3 rings (SSSR count). The van der Waals surface area contributed by atoms with E-state index in [9.17, 15) is 20.0 Å². The Labute approximate surface area is 140 Å². The molecule has 24 heavy (non-hydrogen) atoms. The van der Waals surface area contributed by atoms with Crippen LogP contribution in [-0.2, 0) is 4.79 Å². The number of phenolic OH excluding ortho intramolecular Hbond substituents is 1. The average molecular weight is 341 g/mol. The number of para-hydroxylation sites is 2. The van der Waals surface area contributed by atoms with Gasteiger partial charge in [-0.1, -0.05) is 24.3 Å². The molecule has 0 bridgehead atoms. The van der Waals surface area contributed by atoms with Crippen molar-refractivity contribution in [3.05, 3.63) is 69.1 Å². The number of hydrogen-bond donors (Lipinski definition) is 2. The van der Waals surface area contributed by atoms with E-state index < -0.39 is 4.92 Å². The summed E-state index contributed by atoms with van der Waals surface area (Å²) < 4.78 is 0. The summed E-state index contributed by atoms with van der Waals surface area (Å²) in [5, 5.41) is 23.3. The van der Waals surface area contributed by atoms with E-state index in [0.29, 0.717) is 10.5 Å². The summed E-state index contributed by atoms with van der Waals surface area (Å²) >= 11 is 1.08. The number of amides is 1. The highest BCUT2D eigenvalue weighted by atomic mass is 32.2. The second kappa shape index (κ2) is 6.55. The van der Waals surface area contributed by atoms with Crippen LogP contribution >= 0.6 is 11.8 Å². The van der Waals surface area contributed by atoms with Crippen molar-refractivity contribution < 1.29 is 14.8 Å². The van der Waals surface area contributed by atoms with Gasteiger partial charge in [-0.2, -0.15) is 0 Å². The Bertz CT molecular complexity index is 892. The van der Waals surface area contributed by atoms with Gasteiger partial charge >= 0.3 is 0 Å². The summed E-state index contributed by atoms with van der Waals surface area (Å²) in [7, 11) is 0. The van der Waals surface area contributed by atoms with Crippen molar-refractivity contribution in [1.29, 1.82) is 0 Å². The number of amidine groups is 1. The van der Waals surface area contributed by atoms with Gasteiger partial charge in [-0.05, 0) is 41.6 Å². The van der Waals surface area contributed by atoms with E-state index in [1.165, 1.54) is 24.3 Å². The van der Waals surface area contributed by atoms with Crippen molar-refractivity contribution in [3.63, 3.8) is 0 Å². The Balaban J connectivity index is 1.89. The third-order valence-electron chi connectivity index (χ3n) is 3.12. The molecule has 0 unspecified atom stereocenters. The largest absolute Gasteiger partial charge is 0.508 e. The van der Waals surface area contributed by atoms with E-state index in [1.54, 1.807) is 30.3 Å². The quantitative estimate of drug-likeness (QED) is 0.507. The van der Waals surface area contributed by atoms with Crippen LogP contribution < -0.4 is 5.32 Å². The zero-order valence-corrected chi connectivity index (χ0v) is 13.0. The summed E-state index contributed by atoms with van der Waals surface area (Å²) in [5.41, 5.74) is 0.703. The van der Waals surface area contributed by atoms with Crippen LogP contribution in [-0.4, -0.2) is 21.1 Å². The van der Waals surface area contributed by atoms with Crippen molar-refractivity contribution in [3.8, 4) is 5.75 Å². The predicted molar refractivity (Wildman–Crippen MR) is 92.0 cm³/mol. The highest BCUT2D eigenvalue weighted by molar-refractivity contribution is 8.18. The van der Waals surface area contributed by atoms with E-state index in [4.69, 9.17) is 0 Å². The molecule has 0 radical (unpaired) electrons. The maximum atomic E-state index is 12.0. The summed E-state index contributed by atoms with van der Waals surface area (Å²) in [6, 6.07) is 12.5. The van der Waals surface area contributed by atoms with Crippen LogP contribution in [0.3, 0.4) is 0 Å². The van der Waals surface area contributed by atoms with Crippen molar-refractivity contribution in [2.75, 3.05) is 0 Å². The number of hydrogen-bond acceptors (Lipinski definition) is 6. The Kier molecular flexibility index (Phi) is 4.30. The van der Waals surface area contributed by atoms with Crippen LogP contribution in [0.5, 0.6) is 5.75 Å². The minimum Gasteiger partial charge on any atom is -0.508 e. The molecule has 1 saturated heterocycles. The third kappa shape index (κ3) is 3.44. The molecule has 8 heteroatoms. The molecule has 120 valence electrons. The summed E-state index contributed by atoms with van der Waals surface area (Å²) in [6.45, 7) is 0. The zero-order valence-electron chi connectivity index (χ0n) is 12.2. The van der Waals surface area contributed by atoms with Crippen LogP contribution in [0.1, 0.15) is 5.56 Å². The maximum absolute atomic E-state index is 12.0. The molecule has 1 amide bonds. The fourth-order valence-corrected chi connectivity index (χ4v) is 2.90. The van der Waals surface area contributed by atoms with Gasteiger partial charge in [-0.15, -0.1) is 0 Å². The van der Waals surface area contributed by atoms with E-state index in [-0.39, 0.29) is 28.2 Å². The van der Waals surface area contributed by atoms with Crippen LogP contribution in [0.15, 0.2) is 58.4 Å². The standard InChI is InChI=1S/C16H11N3O4S/c20-11-5-3-4-10(8-11)9-14-15(21)18-16(24-14)17-12-6-1-2-7-13(12)19(22)23/h1-9,20H,(H,17,18,21)/b14-9-. The summed E-state index contributed by atoms with van der Waals surface area (Å²) in [4.78, 5) is 27.0. The lowest BCUT2D eigenvalue weighted by Crippen LogP contribution is -2.19. The van der Waals surface area contributed by atoms with Gasteiger partial charge in [0, 0.05) is 6.07 Å². The molecular weight excluding hydrogens is 330 g/mol. The highest BCUT2D eigenvalue weighted by Gasteiger charge is 2.25.